The predicted molar refractivity (Wildman–Crippen MR) is 103 cm³/mol. The van der Waals surface area contributed by atoms with Crippen molar-refractivity contribution in [3.63, 3.8) is 0 Å². The van der Waals surface area contributed by atoms with E-state index >= 15 is 0 Å². The van der Waals surface area contributed by atoms with Crippen LogP contribution < -0.4 is 5.32 Å². The van der Waals surface area contributed by atoms with Crippen LogP contribution in [-0.4, -0.2) is 46.1 Å². The number of methoxy groups -OCH3 is 1. The molecule has 33 heavy (non-hydrogen) atoms. The molecule has 3 aromatic heterocycles. The van der Waals surface area contributed by atoms with Gasteiger partial charge in [0.15, 0.2) is 5.65 Å². The predicted octanol–water partition coefficient (Wildman–Crippen LogP) is 3.24. The number of carbonyl (C=O) groups excluding carboxylic acids is 2. The summed E-state index contributed by atoms with van der Waals surface area (Å²) in [7, 11) is 0.708. The van der Waals surface area contributed by atoms with E-state index < -0.39 is 35.7 Å². The van der Waals surface area contributed by atoms with E-state index in [2.05, 4.69) is 24.9 Å². The van der Waals surface area contributed by atoms with Crippen molar-refractivity contribution in [2.24, 2.45) is 0 Å². The van der Waals surface area contributed by atoms with Gasteiger partial charge in [-0.1, -0.05) is 0 Å². The van der Waals surface area contributed by atoms with E-state index in [9.17, 15) is 27.2 Å². The molecule has 9 nitrogen and oxygen atoms in total. The molecular formula is C20H14F4N4O5. The number of carbonyl (C=O) groups is 2. The lowest BCUT2D eigenvalue weighted by Crippen LogP contribution is -2.35. The average Bonchev–Trinajstić information content (AvgIpc) is 3.38. The molecule has 1 N–H and O–H groups in total. The summed E-state index contributed by atoms with van der Waals surface area (Å²) < 4.78 is 67.7. The van der Waals surface area contributed by atoms with Crippen LogP contribution in [0.1, 0.15) is 26.6 Å². The summed E-state index contributed by atoms with van der Waals surface area (Å²) in [5, 5.41) is 6.68. The van der Waals surface area contributed by atoms with Gasteiger partial charge in [-0.3, -0.25) is 4.79 Å². The van der Waals surface area contributed by atoms with Crippen LogP contribution in [0.2, 0.25) is 0 Å². The lowest BCUT2D eigenvalue weighted by molar-refractivity contribution is -0.283. The van der Waals surface area contributed by atoms with Gasteiger partial charge in [0, 0.05) is 18.7 Å². The van der Waals surface area contributed by atoms with E-state index in [4.69, 9.17) is 4.42 Å². The normalized spacial score (nSPS) is 12.8. The number of benzene rings is 1. The first-order valence-electron chi connectivity index (χ1n) is 9.27. The SMILES string of the molecule is COC(OC(=O)c1cc(F)cc2cc(CNC(=O)c3cnc4cccnn34)oc12)C(F)(F)F. The Balaban J connectivity index is 1.55. The van der Waals surface area contributed by atoms with Gasteiger partial charge in [0.05, 0.1) is 12.7 Å². The van der Waals surface area contributed by atoms with Crippen LogP contribution in [0.15, 0.2) is 47.1 Å². The van der Waals surface area contributed by atoms with E-state index in [0.29, 0.717) is 18.8 Å². The lowest BCUT2D eigenvalue weighted by atomic mass is 10.1. The van der Waals surface area contributed by atoms with Gasteiger partial charge < -0.3 is 19.2 Å². The van der Waals surface area contributed by atoms with Crippen molar-refractivity contribution in [1.82, 2.24) is 19.9 Å². The highest BCUT2D eigenvalue weighted by molar-refractivity contribution is 6.02. The van der Waals surface area contributed by atoms with Gasteiger partial charge >= 0.3 is 12.1 Å². The Hall–Kier alpha value is -4.00. The number of furan rings is 1. The Bertz CT molecular complexity index is 1350. The topological polar surface area (TPSA) is 108 Å². The fraction of sp³-hybridized carbons (Fsp3) is 0.200. The Morgan fingerprint density at radius 3 is 2.79 bits per heavy atom. The van der Waals surface area contributed by atoms with Crippen molar-refractivity contribution < 1.29 is 41.0 Å². The summed E-state index contributed by atoms with van der Waals surface area (Å²) in [6.07, 6.45) is -5.02. The number of ether oxygens (including phenoxy) is 2. The molecule has 0 aliphatic rings. The highest BCUT2D eigenvalue weighted by Gasteiger charge is 2.44. The number of hydrogen-bond acceptors (Lipinski definition) is 7. The summed E-state index contributed by atoms with van der Waals surface area (Å²) in [4.78, 5) is 28.8. The van der Waals surface area contributed by atoms with Gasteiger partial charge in [0.1, 0.15) is 28.4 Å². The summed E-state index contributed by atoms with van der Waals surface area (Å²) in [5.41, 5.74) is -0.174. The number of amides is 1. The van der Waals surface area contributed by atoms with Crippen molar-refractivity contribution in [2.45, 2.75) is 19.0 Å². The highest BCUT2D eigenvalue weighted by Crippen LogP contribution is 2.28. The number of alkyl halides is 3. The summed E-state index contributed by atoms with van der Waals surface area (Å²) in [6, 6.07) is 6.35. The zero-order valence-electron chi connectivity index (χ0n) is 16.7. The molecule has 4 aromatic rings. The van der Waals surface area contributed by atoms with Gasteiger partial charge in [0.25, 0.3) is 12.2 Å². The maximum absolute atomic E-state index is 14.0. The zero-order chi connectivity index (χ0) is 23.8. The van der Waals surface area contributed by atoms with Crippen molar-refractivity contribution in [3.8, 4) is 0 Å². The standard InChI is InChI=1S/C20H14F4N4O5/c1-31-19(20(22,23)24)33-18(30)13-7-11(21)5-10-6-12(32-16(10)13)8-26-17(29)14-9-25-15-3-2-4-27-28(14)15/h2-7,9,19H,8H2,1H3,(H,26,29). The molecule has 0 saturated carbocycles. The van der Waals surface area contributed by atoms with Gasteiger partial charge in [-0.15, -0.1) is 0 Å². The zero-order valence-corrected chi connectivity index (χ0v) is 16.7. The average molecular weight is 466 g/mol. The van der Waals surface area contributed by atoms with Crippen molar-refractivity contribution in [2.75, 3.05) is 7.11 Å². The van der Waals surface area contributed by atoms with Crippen LogP contribution in [0.4, 0.5) is 17.6 Å². The van der Waals surface area contributed by atoms with Crippen molar-refractivity contribution >= 4 is 28.5 Å². The van der Waals surface area contributed by atoms with E-state index in [-0.39, 0.29) is 29.0 Å². The van der Waals surface area contributed by atoms with E-state index in [0.717, 1.165) is 6.07 Å². The number of rotatable bonds is 6. The molecule has 1 aromatic carbocycles. The number of halogens is 4. The number of esters is 1. The third kappa shape index (κ3) is 4.48. The number of fused-ring (bicyclic) bond motifs is 2. The third-order valence-electron chi connectivity index (χ3n) is 4.48. The van der Waals surface area contributed by atoms with Gasteiger partial charge in [-0.05, 0) is 30.3 Å². The van der Waals surface area contributed by atoms with Crippen LogP contribution in [-0.2, 0) is 16.0 Å². The molecule has 1 atom stereocenters. The maximum Gasteiger partial charge on any atom is 0.452 e. The molecule has 13 heteroatoms. The molecule has 3 heterocycles. The molecular weight excluding hydrogens is 452 g/mol. The van der Waals surface area contributed by atoms with Crippen LogP contribution in [0.5, 0.6) is 0 Å². The Morgan fingerprint density at radius 1 is 1.27 bits per heavy atom. The number of imidazole rings is 1. The first kappa shape index (κ1) is 22.2. The Morgan fingerprint density at radius 2 is 2.06 bits per heavy atom. The minimum Gasteiger partial charge on any atom is -0.458 e. The van der Waals surface area contributed by atoms with Crippen LogP contribution in [0.25, 0.3) is 16.6 Å². The molecule has 0 fully saturated rings. The molecule has 0 bridgehead atoms. The molecule has 0 saturated heterocycles. The van der Waals surface area contributed by atoms with Gasteiger partial charge in [-0.2, -0.15) is 18.3 Å². The molecule has 0 aliphatic heterocycles. The van der Waals surface area contributed by atoms with Gasteiger partial charge in [0.2, 0.25) is 0 Å². The lowest BCUT2D eigenvalue weighted by Gasteiger charge is -2.18. The Kier molecular flexibility index (Phi) is 5.72. The second-order valence-electron chi connectivity index (χ2n) is 6.72. The maximum atomic E-state index is 14.0. The number of nitrogens with zero attached hydrogens (tertiary/aromatic N) is 3. The summed E-state index contributed by atoms with van der Waals surface area (Å²) in [5.74, 6) is -2.83. The molecule has 4 rings (SSSR count). The fourth-order valence-electron chi connectivity index (χ4n) is 3.06. The minimum atomic E-state index is -4.98. The summed E-state index contributed by atoms with van der Waals surface area (Å²) in [6.45, 7) is -0.174. The minimum absolute atomic E-state index is 0.0867. The highest BCUT2D eigenvalue weighted by atomic mass is 19.4. The van der Waals surface area contributed by atoms with Crippen LogP contribution >= 0.6 is 0 Å². The van der Waals surface area contributed by atoms with Crippen molar-refractivity contribution in [1.29, 1.82) is 0 Å². The van der Waals surface area contributed by atoms with E-state index in [1.54, 1.807) is 12.1 Å². The Labute approximate surface area is 181 Å². The number of nitrogens with one attached hydrogen (secondary N) is 1. The quantitative estimate of drug-likeness (QED) is 0.264. The van der Waals surface area contributed by atoms with Crippen LogP contribution in [0.3, 0.4) is 0 Å². The molecule has 172 valence electrons. The molecule has 0 radical (unpaired) electrons. The van der Waals surface area contributed by atoms with E-state index in [1.165, 1.54) is 23.0 Å². The molecule has 1 amide bonds. The largest absolute Gasteiger partial charge is 0.458 e. The number of hydrogen-bond donors (Lipinski definition) is 1. The first-order valence-corrected chi connectivity index (χ1v) is 9.27. The smallest absolute Gasteiger partial charge is 0.452 e. The van der Waals surface area contributed by atoms with Crippen LogP contribution in [0, 0.1) is 5.82 Å². The van der Waals surface area contributed by atoms with E-state index in [1.807, 2.05) is 0 Å². The monoisotopic (exact) mass is 466 g/mol. The van der Waals surface area contributed by atoms with Gasteiger partial charge in [-0.25, -0.2) is 18.7 Å². The first-order chi connectivity index (χ1) is 15.7. The molecule has 0 aliphatic carbocycles. The summed E-state index contributed by atoms with van der Waals surface area (Å²) >= 11 is 0. The molecule has 1 unspecified atom stereocenters. The molecule has 0 spiro atoms. The fourth-order valence-corrected chi connectivity index (χ4v) is 3.06. The number of aromatic nitrogens is 3. The second-order valence-corrected chi connectivity index (χ2v) is 6.72. The third-order valence-corrected chi connectivity index (χ3v) is 4.48. The van der Waals surface area contributed by atoms with Crippen molar-refractivity contribution in [3.05, 3.63) is 65.6 Å². The second kappa shape index (κ2) is 8.50.